The maximum atomic E-state index is 11.1. The lowest BCUT2D eigenvalue weighted by atomic mass is 10.2. The second kappa shape index (κ2) is 6.06. The Morgan fingerprint density at radius 1 is 1.33 bits per heavy atom. The highest BCUT2D eigenvalue weighted by atomic mass is 16.6. The maximum absolute atomic E-state index is 11.1. The molecule has 0 bridgehead atoms. The molecule has 5 heteroatoms. The molecule has 0 heterocycles. The summed E-state index contributed by atoms with van der Waals surface area (Å²) in [4.78, 5) is 21.9. The summed E-state index contributed by atoms with van der Waals surface area (Å²) >= 11 is 0. The van der Waals surface area contributed by atoms with Gasteiger partial charge in [-0.3, -0.25) is 5.32 Å². The number of rotatable bonds is 3. The third kappa shape index (κ3) is 8.80. The molecule has 0 spiro atoms. The molecule has 0 radical (unpaired) electrons. The van der Waals surface area contributed by atoms with Gasteiger partial charge in [-0.1, -0.05) is 0 Å². The topological polar surface area (TPSA) is 64.6 Å². The van der Waals surface area contributed by atoms with Gasteiger partial charge in [0.15, 0.2) is 0 Å². The van der Waals surface area contributed by atoms with Gasteiger partial charge in [0, 0.05) is 12.3 Å². The van der Waals surface area contributed by atoms with Gasteiger partial charge in [0.25, 0.3) is 0 Å². The van der Waals surface area contributed by atoms with Crippen LogP contribution in [0.1, 0.15) is 27.7 Å². The van der Waals surface area contributed by atoms with Crippen LogP contribution in [0, 0.1) is 0 Å². The third-order valence-corrected chi connectivity index (χ3v) is 1.11. The van der Waals surface area contributed by atoms with Crippen LogP contribution in [-0.4, -0.2) is 24.3 Å². The van der Waals surface area contributed by atoms with E-state index in [2.05, 4.69) is 10.1 Å². The van der Waals surface area contributed by atoms with Crippen molar-refractivity contribution in [3.8, 4) is 0 Å². The van der Waals surface area contributed by atoms with Crippen LogP contribution >= 0.6 is 0 Å². The van der Waals surface area contributed by atoms with Crippen molar-refractivity contribution in [2.75, 3.05) is 6.61 Å². The van der Waals surface area contributed by atoms with Gasteiger partial charge in [-0.15, -0.1) is 0 Å². The summed E-state index contributed by atoms with van der Waals surface area (Å²) in [5.41, 5.74) is -0.554. The predicted molar refractivity (Wildman–Crippen MR) is 55.1 cm³/mol. The molecule has 0 atom stereocenters. The lowest BCUT2D eigenvalue weighted by molar-refractivity contribution is -0.137. The monoisotopic (exact) mass is 215 g/mol. The lowest BCUT2D eigenvalue weighted by Gasteiger charge is -2.18. The molecular weight excluding hydrogens is 198 g/mol. The number of alkyl carbamates (subject to hydrolysis) is 1. The van der Waals surface area contributed by atoms with Gasteiger partial charge in [0.1, 0.15) is 5.60 Å². The fraction of sp³-hybridized carbons (Fsp3) is 0.600. The minimum absolute atomic E-state index is 0.301. The van der Waals surface area contributed by atoms with Crippen LogP contribution in [0.15, 0.2) is 12.3 Å². The van der Waals surface area contributed by atoms with Crippen molar-refractivity contribution in [3.05, 3.63) is 12.3 Å². The molecule has 0 saturated carbocycles. The van der Waals surface area contributed by atoms with Gasteiger partial charge in [-0.2, -0.15) is 0 Å². The van der Waals surface area contributed by atoms with E-state index < -0.39 is 17.7 Å². The van der Waals surface area contributed by atoms with E-state index in [1.165, 1.54) is 6.20 Å². The molecule has 1 N–H and O–H groups in total. The molecule has 0 rings (SSSR count). The minimum atomic E-state index is -0.608. The van der Waals surface area contributed by atoms with Gasteiger partial charge in [-0.25, -0.2) is 9.59 Å². The molecule has 0 aromatic rings. The van der Waals surface area contributed by atoms with Crippen molar-refractivity contribution in [1.82, 2.24) is 5.32 Å². The van der Waals surface area contributed by atoms with E-state index >= 15 is 0 Å². The first kappa shape index (κ1) is 13.5. The predicted octanol–water partition coefficient (Wildman–Crippen LogP) is 1.59. The molecule has 1 amide bonds. The number of hydrogen-bond donors (Lipinski definition) is 1. The molecule has 0 aliphatic heterocycles. The van der Waals surface area contributed by atoms with Gasteiger partial charge in [0.05, 0.1) is 6.61 Å². The number of carbonyl (C=O) groups excluding carboxylic acids is 2. The highest BCUT2D eigenvalue weighted by molar-refractivity contribution is 5.82. The van der Waals surface area contributed by atoms with Gasteiger partial charge in [-0.05, 0) is 27.7 Å². The van der Waals surface area contributed by atoms with Crippen molar-refractivity contribution in [2.24, 2.45) is 0 Å². The number of esters is 1. The Morgan fingerprint density at radius 2 is 1.93 bits per heavy atom. The smallest absolute Gasteiger partial charge is 0.411 e. The van der Waals surface area contributed by atoms with Crippen LogP contribution in [0.2, 0.25) is 0 Å². The van der Waals surface area contributed by atoms with Gasteiger partial charge < -0.3 is 9.47 Å². The number of amides is 1. The molecule has 0 aliphatic rings. The van der Waals surface area contributed by atoms with E-state index in [9.17, 15) is 9.59 Å². The quantitative estimate of drug-likeness (QED) is 0.573. The van der Waals surface area contributed by atoms with E-state index in [1.807, 2.05) is 0 Å². The van der Waals surface area contributed by atoms with Gasteiger partial charge >= 0.3 is 12.1 Å². The van der Waals surface area contributed by atoms with Crippen molar-refractivity contribution in [2.45, 2.75) is 33.3 Å². The second-order valence-corrected chi connectivity index (χ2v) is 3.73. The van der Waals surface area contributed by atoms with Crippen LogP contribution in [0.25, 0.3) is 0 Å². The molecule has 15 heavy (non-hydrogen) atoms. The summed E-state index contributed by atoms with van der Waals surface area (Å²) in [5.74, 6) is -0.506. The third-order valence-electron chi connectivity index (χ3n) is 1.11. The zero-order valence-electron chi connectivity index (χ0n) is 9.49. The molecule has 5 nitrogen and oxygen atoms in total. The lowest BCUT2D eigenvalue weighted by Crippen LogP contribution is -2.29. The first-order valence-corrected chi connectivity index (χ1v) is 4.68. The highest BCUT2D eigenvalue weighted by Crippen LogP contribution is 2.06. The highest BCUT2D eigenvalue weighted by Gasteiger charge is 2.14. The van der Waals surface area contributed by atoms with E-state index in [-0.39, 0.29) is 0 Å². The average Bonchev–Trinajstić information content (AvgIpc) is 2.00. The minimum Gasteiger partial charge on any atom is -0.463 e. The summed E-state index contributed by atoms with van der Waals surface area (Å²) in [6.45, 7) is 7.26. The number of ether oxygens (including phenoxy) is 2. The summed E-state index contributed by atoms with van der Waals surface area (Å²) in [5, 5.41) is 2.29. The van der Waals surface area contributed by atoms with Gasteiger partial charge in [0.2, 0.25) is 0 Å². The molecule has 0 aliphatic carbocycles. The van der Waals surface area contributed by atoms with Crippen LogP contribution in [-0.2, 0) is 14.3 Å². The largest absolute Gasteiger partial charge is 0.463 e. The van der Waals surface area contributed by atoms with Crippen molar-refractivity contribution in [3.63, 3.8) is 0 Å². The Bertz CT molecular complexity index is 253. The van der Waals surface area contributed by atoms with Crippen molar-refractivity contribution >= 4 is 12.1 Å². The molecular formula is C10H17NO4. The molecule has 0 fully saturated rings. The fourth-order valence-corrected chi connectivity index (χ4v) is 0.676. The molecule has 0 aromatic carbocycles. The van der Waals surface area contributed by atoms with Crippen LogP contribution in [0.5, 0.6) is 0 Å². The maximum Gasteiger partial charge on any atom is 0.411 e. The SMILES string of the molecule is CCOC(=O)/C=C\NC(=O)OC(C)(C)C. The first-order chi connectivity index (χ1) is 6.85. The normalized spacial score (nSPS) is 11.2. The van der Waals surface area contributed by atoms with E-state index in [4.69, 9.17) is 4.74 Å². The van der Waals surface area contributed by atoms with E-state index in [0.717, 1.165) is 6.08 Å². The van der Waals surface area contributed by atoms with E-state index in [0.29, 0.717) is 6.61 Å². The van der Waals surface area contributed by atoms with Crippen molar-refractivity contribution in [1.29, 1.82) is 0 Å². The summed E-state index contributed by atoms with van der Waals surface area (Å²) in [6, 6.07) is 0. The summed E-state index contributed by atoms with van der Waals surface area (Å²) in [6.07, 6.45) is 1.70. The van der Waals surface area contributed by atoms with Crippen LogP contribution < -0.4 is 5.32 Å². The average molecular weight is 215 g/mol. The van der Waals surface area contributed by atoms with E-state index in [1.54, 1.807) is 27.7 Å². The van der Waals surface area contributed by atoms with Crippen LogP contribution in [0.3, 0.4) is 0 Å². The number of carbonyl (C=O) groups is 2. The Morgan fingerprint density at radius 3 is 2.40 bits per heavy atom. The van der Waals surface area contributed by atoms with Crippen LogP contribution in [0.4, 0.5) is 4.79 Å². The standard InChI is InChI=1S/C10H17NO4/c1-5-14-8(12)6-7-11-9(13)15-10(2,3)4/h6-7H,5H2,1-4H3,(H,11,13)/b7-6-. The molecule has 0 saturated heterocycles. The first-order valence-electron chi connectivity index (χ1n) is 4.68. The fourth-order valence-electron chi connectivity index (χ4n) is 0.676. The summed E-state index contributed by atoms with van der Waals surface area (Å²) < 4.78 is 9.53. The molecule has 0 aromatic heterocycles. The molecule has 86 valence electrons. The second-order valence-electron chi connectivity index (χ2n) is 3.73. The zero-order chi connectivity index (χ0) is 11.9. The number of nitrogens with one attached hydrogen (secondary N) is 1. The zero-order valence-corrected chi connectivity index (χ0v) is 9.49. The number of hydrogen-bond acceptors (Lipinski definition) is 4. The molecule has 0 unspecified atom stereocenters. The summed E-state index contributed by atoms with van der Waals surface area (Å²) in [7, 11) is 0. The Kier molecular flexibility index (Phi) is 5.44. The Hall–Kier alpha value is -1.52. The Labute approximate surface area is 89.4 Å². The Balaban J connectivity index is 3.86. The van der Waals surface area contributed by atoms with Crippen molar-refractivity contribution < 1.29 is 19.1 Å².